The van der Waals surface area contributed by atoms with Gasteiger partial charge in [-0.25, -0.2) is 38.4 Å². The molecule has 2 aromatic carbocycles. The number of rotatable bonds is 24. The van der Waals surface area contributed by atoms with Gasteiger partial charge in [-0.2, -0.15) is 0 Å². The van der Waals surface area contributed by atoms with Gasteiger partial charge in [0.05, 0.1) is 26.4 Å². The van der Waals surface area contributed by atoms with Crippen LogP contribution in [0.2, 0.25) is 0 Å². The van der Waals surface area contributed by atoms with Crippen LogP contribution >= 0.6 is 0 Å². The first-order valence-corrected chi connectivity index (χ1v) is 23.4. The molecule has 8 N–H and O–H groups in total. The number of benzene rings is 2. The molecule has 20 nitrogen and oxygen atoms in total. The van der Waals surface area contributed by atoms with Crippen molar-refractivity contribution in [2.45, 2.75) is 102 Å². The van der Waals surface area contributed by atoms with E-state index < -0.39 is 23.9 Å². The van der Waals surface area contributed by atoms with Crippen LogP contribution in [0.15, 0.2) is 85.0 Å². The molecule has 0 heterocycles. The van der Waals surface area contributed by atoms with Gasteiger partial charge < -0.3 is 61.5 Å². The Bertz CT molecular complexity index is 1760. The first-order chi connectivity index (χ1) is 33.0. The topological polar surface area (TPSA) is 270 Å². The van der Waals surface area contributed by atoms with Crippen molar-refractivity contribution >= 4 is 59.4 Å². The fraction of sp³-hybridized carbons (Fsp3) is 0.500. The molecule has 0 spiro atoms. The van der Waals surface area contributed by atoms with Crippen molar-refractivity contribution in [3.05, 3.63) is 85.0 Å². The van der Waals surface area contributed by atoms with E-state index in [2.05, 4.69) is 42.5 Å². The number of anilines is 2. The van der Waals surface area contributed by atoms with Crippen molar-refractivity contribution in [2.24, 2.45) is 0 Å². The van der Waals surface area contributed by atoms with Crippen LogP contribution in [-0.2, 0) is 38.1 Å². The average Bonchev–Trinajstić information content (AvgIpc) is 3.33. The van der Waals surface area contributed by atoms with E-state index in [1.807, 2.05) is 36.4 Å². The maximum Gasteiger partial charge on any atom is 0.331 e. The zero-order valence-electron chi connectivity index (χ0n) is 38.7. The van der Waals surface area contributed by atoms with Gasteiger partial charge in [-0.3, -0.25) is 0 Å². The predicted molar refractivity (Wildman–Crippen MR) is 254 cm³/mol. The van der Waals surface area contributed by atoms with E-state index in [1.165, 1.54) is 12.8 Å². The normalized spacial score (nSPS) is 13.6. The molecule has 0 aromatic heterocycles. The van der Waals surface area contributed by atoms with E-state index in [0.29, 0.717) is 63.2 Å². The average molecular weight is 949 g/mol. The SMILES string of the molecule is O=C(NCCCOC(=O)/C=C/C(=O)OCCCNC(=O)NC1CCCCC1)NC1CCCCC1.O=C(NCCCOC(=O)/C=C/C(=O)OCCCNC(=O)Nc1ccccc1)Nc1ccccc1. The van der Waals surface area contributed by atoms with E-state index in [9.17, 15) is 38.4 Å². The highest BCUT2D eigenvalue weighted by atomic mass is 16.5. The largest absolute Gasteiger partial charge is 0.462 e. The minimum atomic E-state index is -0.690. The van der Waals surface area contributed by atoms with Crippen LogP contribution in [0.5, 0.6) is 0 Å². The van der Waals surface area contributed by atoms with Crippen LogP contribution in [-0.4, -0.2) is 113 Å². The van der Waals surface area contributed by atoms with Gasteiger partial charge in [0, 0.05) is 73.9 Å². The Kier molecular flexibility index (Phi) is 28.5. The Morgan fingerprint density at radius 3 is 0.971 bits per heavy atom. The van der Waals surface area contributed by atoms with Crippen LogP contribution < -0.4 is 42.5 Å². The molecule has 2 aliphatic rings. The van der Waals surface area contributed by atoms with Crippen molar-refractivity contribution in [2.75, 3.05) is 63.2 Å². The molecule has 0 unspecified atom stereocenters. The molecule has 68 heavy (non-hydrogen) atoms. The number of ether oxygens (including phenoxy) is 4. The third-order valence-electron chi connectivity index (χ3n) is 10.1. The molecular formula is C48H68N8O12. The lowest BCUT2D eigenvalue weighted by Gasteiger charge is -2.22. The highest BCUT2D eigenvalue weighted by molar-refractivity contribution is 5.92. The fourth-order valence-electron chi connectivity index (χ4n) is 6.61. The zero-order chi connectivity index (χ0) is 48.9. The molecule has 2 fully saturated rings. The molecule has 4 rings (SSSR count). The van der Waals surface area contributed by atoms with Gasteiger partial charge in [0.2, 0.25) is 0 Å². The summed E-state index contributed by atoms with van der Waals surface area (Å²) in [6, 6.07) is 17.4. The summed E-state index contributed by atoms with van der Waals surface area (Å²) in [4.78, 5) is 93.6. The van der Waals surface area contributed by atoms with Gasteiger partial charge in [-0.05, 0) is 75.6 Å². The maximum atomic E-state index is 11.8. The number of hydrogen-bond acceptors (Lipinski definition) is 12. The van der Waals surface area contributed by atoms with Gasteiger partial charge in [-0.1, -0.05) is 74.9 Å². The number of urea groups is 4. The number of para-hydroxylation sites is 2. The number of carbonyl (C=O) groups excluding carboxylic acids is 8. The van der Waals surface area contributed by atoms with E-state index >= 15 is 0 Å². The molecule has 2 saturated carbocycles. The van der Waals surface area contributed by atoms with Crippen LogP contribution in [0.1, 0.15) is 89.9 Å². The minimum absolute atomic E-state index is 0.0839. The molecule has 372 valence electrons. The zero-order valence-corrected chi connectivity index (χ0v) is 38.7. The predicted octanol–water partition coefficient (Wildman–Crippen LogP) is 5.73. The molecule has 2 aromatic rings. The summed E-state index contributed by atoms with van der Waals surface area (Å²) in [5, 5.41) is 22.0. The fourth-order valence-corrected chi connectivity index (χ4v) is 6.61. The second kappa shape index (κ2) is 35.1. The molecule has 0 radical (unpaired) electrons. The molecule has 20 heteroatoms. The van der Waals surface area contributed by atoms with Gasteiger partial charge in [0.1, 0.15) is 0 Å². The van der Waals surface area contributed by atoms with Crippen molar-refractivity contribution < 1.29 is 57.3 Å². The summed E-state index contributed by atoms with van der Waals surface area (Å²) in [5.74, 6) is -2.68. The maximum absolute atomic E-state index is 11.8. The standard InChI is InChI=1S/C24H40N4O6.C24H28N4O6/c2*29-21(33-17-7-15-25-23(31)27-19-9-3-1-4-10-19)13-14-22(30)34-18-8-16-26-24(32)28-20-11-5-2-6-12-20/h13-14,19-20H,1-12,15-18H2,(H2,25,27,31)(H2,26,28,32);1-6,9-14H,7-8,15-18H2,(H2,25,27,31)(H2,26,28,32)/b2*14-13+. The van der Waals surface area contributed by atoms with Crippen LogP contribution in [0.4, 0.5) is 30.6 Å². The number of carbonyl (C=O) groups is 8. The summed E-state index contributed by atoms with van der Waals surface area (Å²) in [6.07, 6.45) is 16.9. The number of nitrogens with one attached hydrogen (secondary N) is 8. The summed E-state index contributed by atoms with van der Waals surface area (Å²) in [7, 11) is 0. The number of hydrogen-bond donors (Lipinski definition) is 8. The van der Waals surface area contributed by atoms with Gasteiger partial charge in [-0.15, -0.1) is 0 Å². The molecule has 0 bridgehead atoms. The third-order valence-corrected chi connectivity index (χ3v) is 10.1. The Morgan fingerprint density at radius 2 is 0.676 bits per heavy atom. The lowest BCUT2D eigenvalue weighted by Crippen LogP contribution is -2.43. The molecule has 0 aliphatic heterocycles. The summed E-state index contributed by atoms with van der Waals surface area (Å²) in [6.45, 7) is 1.85. The second-order valence-electron chi connectivity index (χ2n) is 15.7. The summed E-state index contributed by atoms with van der Waals surface area (Å²) in [5.41, 5.74) is 1.35. The lowest BCUT2D eigenvalue weighted by molar-refractivity contribution is -0.140. The Hall–Kier alpha value is -7.12. The Morgan fingerprint density at radius 1 is 0.397 bits per heavy atom. The quantitative estimate of drug-likeness (QED) is 0.0272. The van der Waals surface area contributed by atoms with Gasteiger partial charge in [0.15, 0.2) is 0 Å². The number of amides is 8. The number of esters is 4. The third kappa shape index (κ3) is 28.7. The first kappa shape index (κ1) is 55.2. The van der Waals surface area contributed by atoms with Crippen molar-refractivity contribution in [3.63, 3.8) is 0 Å². The minimum Gasteiger partial charge on any atom is -0.462 e. The van der Waals surface area contributed by atoms with Crippen molar-refractivity contribution in [1.82, 2.24) is 31.9 Å². The van der Waals surface area contributed by atoms with Crippen LogP contribution in [0.25, 0.3) is 0 Å². The summed E-state index contributed by atoms with van der Waals surface area (Å²) >= 11 is 0. The van der Waals surface area contributed by atoms with Gasteiger partial charge >= 0.3 is 48.0 Å². The van der Waals surface area contributed by atoms with Crippen LogP contribution in [0.3, 0.4) is 0 Å². The Balaban J connectivity index is 0.000000360. The summed E-state index contributed by atoms with van der Waals surface area (Å²) < 4.78 is 19.9. The smallest absolute Gasteiger partial charge is 0.331 e. The molecule has 8 amide bonds. The molecule has 2 aliphatic carbocycles. The second-order valence-corrected chi connectivity index (χ2v) is 15.7. The molecule has 0 atom stereocenters. The van der Waals surface area contributed by atoms with Crippen LogP contribution in [0, 0.1) is 0 Å². The highest BCUT2D eigenvalue weighted by Crippen LogP contribution is 2.18. The van der Waals surface area contributed by atoms with Crippen molar-refractivity contribution in [1.29, 1.82) is 0 Å². The monoisotopic (exact) mass is 948 g/mol. The Labute approximate surface area is 397 Å². The van der Waals surface area contributed by atoms with E-state index in [-0.39, 0.29) is 62.6 Å². The van der Waals surface area contributed by atoms with Crippen molar-refractivity contribution in [3.8, 4) is 0 Å². The molecule has 0 saturated heterocycles. The first-order valence-electron chi connectivity index (χ1n) is 23.4. The lowest BCUT2D eigenvalue weighted by atomic mass is 9.96. The van der Waals surface area contributed by atoms with Gasteiger partial charge in [0.25, 0.3) is 0 Å². The highest BCUT2D eigenvalue weighted by Gasteiger charge is 2.16. The molecular weight excluding hydrogens is 881 g/mol. The van der Waals surface area contributed by atoms with E-state index in [1.54, 1.807) is 24.3 Å². The van der Waals surface area contributed by atoms with E-state index in [4.69, 9.17) is 18.9 Å². The van der Waals surface area contributed by atoms with E-state index in [0.717, 1.165) is 75.7 Å².